The molecular formula is C17H25FN2O. The monoisotopic (exact) mass is 292 g/mol. The third-order valence-electron chi connectivity index (χ3n) is 3.47. The summed E-state index contributed by atoms with van der Waals surface area (Å²) in [4.78, 5) is 0. The summed E-state index contributed by atoms with van der Waals surface area (Å²) in [5, 5.41) is 12.7. The second kappa shape index (κ2) is 7.99. The van der Waals surface area contributed by atoms with E-state index in [1.165, 1.54) is 6.07 Å². The lowest BCUT2D eigenvalue weighted by Gasteiger charge is -2.29. The van der Waals surface area contributed by atoms with Crippen LogP contribution in [0, 0.1) is 24.1 Å². The first-order valence-corrected chi connectivity index (χ1v) is 7.50. The number of nitrogens with zero attached hydrogens (tertiary/aromatic N) is 1. The smallest absolute Gasteiger partial charge is 0.165 e. The lowest BCUT2D eigenvalue weighted by molar-refractivity contribution is 0.260. The van der Waals surface area contributed by atoms with Crippen molar-refractivity contribution in [1.82, 2.24) is 5.32 Å². The minimum absolute atomic E-state index is 0.250. The third kappa shape index (κ3) is 5.35. The van der Waals surface area contributed by atoms with E-state index in [1.54, 1.807) is 12.1 Å². The van der Waals surface area contributed by atoms with Crippen LogP contribution in [0.15, 0.2) is 18.2 Å². The molecule has 0 amide bonds. The normalized spacial score (nSPS) is 13.8. The number of benzene rings is 1. The molecular weight excluding hydrogens is 267 g/mol. The van der Waals surface area contributed by atoms with E-state index in [0.717, 1.165) is 12.0 Å². The van der Waals surface area contributed by atoms with Gasteiger partial charge < -0.3 is 4.74 Å². The zero-order valence-corrected chi connectivity index (χ0v) is 13.4. The Morgan fingerprint density at radius 2 is 2.14 bits per heavy atom. The molecule has 0 aliphatic rings. The standard InChI is InChI=1S/C17H25FN2O/c1-5-17(12-19,20-13(2)3)9-6-10-21-16-11-14(4)7-8-15(16)18/h7-8,11,13,20H,5-6,9-10H2,1-4H3. The molecule has 0 aliphatic carbocycles. The van der Waals surface area contributed by atoms with E-state index in [4.69, 9.17) is 4.74 Å². The number of nitriles is 1. The number of nitrogens with one attached hydrogen (secondary N) is 1. The second-order valence-electron chi connectivity index (χ2n) is 5.73. The van der Waals surface area contributed by atoms with Crippen LogP contribution in [0.2, 0.25) is 0 Å². The molecule has 0 saturated heterocycles. The number of ether oxygens (including phenoxy) is 1. The van der Waals surface area contributed by atoms with Crippen LogP contribution in [0.5, 0.6) is 5.75 Å². The van der Waals surface area contributed by atoms with E-state index in [1.807, 2.05) is 27.7 Å². The molecule has 0 radical (unpaired) electrons. The van der Waals surface area contributed by atoms with Gasteiger partial charge in [-0.1, -0.05) is 13.0 Å². The summed E-state index contributed by atoms with van der Waals surface area (Å²) in [6.45, 7) is 8.36. The van der Waals surface area contributed by atoms with E-state index in [-0.39, 0.29) is 17.6 Å². The number of halogens is 1. The Labute approximate surface area is 127 Å². The number of hydrogen-bond donors (Lipinski definition) is 1. The Morgan fingerprint density at radius 3 is 2.71 bits per heavy atom. The van der Waals surface area contributed by atoms with Crippen LogP contribution >= 0.6 is 0 Å². The van der Waals surface area contributed by atoms with Gasteiger partial charge in [0.05, 0.1) is 12.7 Å². The van der Waals surface area contributed by atoms with Crippen molar-refractivity contribution >= 4 is 0 Å². The van der Waals surface area contributed by atoms with Crippen molar-refractivity contribution in [2.75, 3.05) is 6.61 Å². The van der Waals surface area contributed by atoms with Crippen molar-refractivity contribution < 1.29 is 9.13 Å². The molecule has 1 aromatic rings. The van der Waals surface area contributed by atoms with E-state index in [2.05, 4.69) is 11.4 Å². The Hall–Kier alpha value is -1.60. The number of rotatable bonds is 8. The minimum atomic E-state index is -0.525. The Bertz CT molecular complexity index is 496. The Kier molecular flexibility index (Phi) is 6.64. The predicted octanol–water partition coefficient (Wildman–Crippen LogP) is 3.96. The fourth-order valence-electron chi connectivity index (χ4n) is 2.35. The minimum Gasteiger partial charge on any atom is -0.491 e. The van der Waals surface area contributed by atoms with Gasteiger partial charge in [-0.25, -0.2) is 4.39 Å². The molecule has 0 spiro atoms. The van der Waals surface area contributed by atoms with Gasteiger partial charge in [-0.3, -0.25) is 5.32 Å². The molecule has 1 unspecified atom stereocenters. The van der Waals surface area contributed by atoms with Gasteiger partial charge in [0.15, 0.2) is 11.6 Å². The molecule has 0 aliphatic heterocycles. The highest BCUT2D eigenvalue weighted by molar-refractivity contribution is 5.29. The van der Waals surface area contributed by atoms with E-state index < -0.39 is 5.54 Å². The number of hydrogen-bond acceptors (Lipinski definition) is 3. The molecule has 0 fully saturated rings. The zero-order valence-electron chi connectivity index (χ0n) is 13.4. The van der Waals surface area contributed by atoms with Gasteiger partial charge in [0, 0.05) is 6.04 Å². The summed E-state index contributed by atoms with van der Waals surface area (Å²) in [5.41, 5.74) is 0.440. The largest absolute Gasteiger partial charge is 0.491 e. The summed E-state index contributed by atoms with van der Waals surface area (Å²) >= 11 is 0. The number of aryl methyl sites for hydroxylation is 1. The maximum atomic E-state index is 13.5. The van der Waals surface area contributed by atoms with Crippen molar-refractivity contribution in [3.63, 3.8) is 0 Å². The highest BCUT2D eigenvalue weighted by atomic mass is 19.1. The van der Waals surface area contributed by atoms with Crippen LogP contribution in [0.25, 0.3) is 0 Å². The van der Waals surface area contributed by atoms with Crippen LogP contribution in [0.1, 0.15) is 45.6 Å². The van der Waals surface area contributed by atoms with E-state index >= 15 is 0 Å². The summed E-state index contributed by atoms with van der Waals surface area (Å²) in [5.74, 6) is -0.0613. The average molecular weight is 292 g/mol. The van der Waals surface area contributed by atoms with Gasteiger partial charge in [-0.15, -0.1) is 0 Å². The molecule has 1 N–H and O–H groups in total. The molecule has 4 heteroatoms. The highest BCUT2D eigenvalue weighted by Crippen LogP contribution is 2.21. The molecule has 3 nitrogen and oxygen atoms in total. The third-order valence-corrected chi connectivity index (χ3v) is 3.47. The molecule has 0 heterocycles. The van der Waals surface area contributed by atoms with Crippen LogP contribution in [0.4, 0.5) is 4.39 Å². The van der Waals surface area contributed by atoms with Crippen LogP contribution in [0.3, 0.4) is 0 Å². The zero-order chi connectivity index (χ0) is 15.9. The van der Waals surface area contributed by atoms with Crippen molar-refractivity contribution in [2.45, 2.75) is 58.5 Å². The van der Waals surface area contributed by atoms with Gasteiger partial charge in [-0.2, -0.15) is 5.26 Å². The summed E-state index contributed by atoms with van der Waals surface area (Å²) < 4.78 is 19.0. The van der Waals surface area contributed by atoms with Gasteiger partial charge in [-0.05, 0) is 57.7 Å². The van der Waals surface area contributed by atoms with Gasteiger partial charge in [0.25, 0.3) is 0 Å². The Balaban J connectivity index is 2.52. The molecule has 21 heavy (non-hydrogen) atoms. The molecule has 1 rings (SSSR count). The fourth-order valence-corrected chi connectivity index (χ4v) is 2.35. The molecule has 1 atom stereocenters. The lowest BCUT2D eigenvalue weighted by Crippen LogP contribution is -2.47. The van der Waals surface area contributed by atoms with Gasteiger partial charge >= 0.3 is 0 Å². The SMILES string of the molecule is CCC(C#N)(CCCOc1cc(C)ccc1F)NC(C)C. The van der Waals surface area contributed by atoms with Crippen LogP contribution in [-0.2, 0) is 0 Å². The predicted molar refractivity (Wildman–Crippen MR) is 82.8 cm³/mol. The Morgan fingerprint density at radius 1 is 1.43 bits per heavy atom. The fraction of sp³-hybridized carbons (Fsp3) is 0.588. The first-order valence-electron chi connectivity index (χ1n) is 7.50. The lowest BCUT2D eigenvalue weighted by atomic mass is 9.91. The van der Waals surface area contributed by atoms with Crippen LogP contribution < -0.4 is 10.1 Å². The molecule has 1 aromatic carbocycles. The highest BCUT2D eigenvalue weighted by Gasteiger charge is 2.27. The van der Waals surface area contributed by atoms with Crippen molar-refractivity contribution in [3.05, 3.63) is 29.6 Å². The van der Waals surface area contributed by atoms with Gasteiger partial charge in [0.1, 0.15) is 5.54 Å². The second-order valence-corrected chi connectivity index (χ2v) is 5.73. The van der Waals surface area contributed by atoms with Crippen LogP contribution in [-0.4, -0.2) is 18.2 Å². The molecule has 0 saturated carbocycles. The van der Waals surface area contributed by atoms with Crippen molar-refractivity contribution in [1.29, 1.82) is 5.26 Å². The molecule has 0 bridgehead atoms. The summed E-state index contributed by atoms with van der Waals surface area (Å²) in [6.07, 6.45) is 2.13. The summed E-state index contributed by atoms with van der Waals surface area (Å²) in [7, 11) is 0. The average Bonchev–Trinajstić information content (AvgIpc) is 2.45. The summed E-state index contributed by atoms with van der Waals surface area (Å²) in [6, 6.07) is 7.45. The van der Waals surface area contributed by atoms with E-state index in [0.29, 0.717) is 19.4 Å². The maximum absolute atomic E-state index is 13.5. The quantitative estimate of drug-likeness (QED) is 0.738. The first-order chi connectivity index (χ1) is 9.92. The maximum Gasteiger partial charge on any atom is 0.165 e. The first kappa shape index (κ1) is 17.5. The molecule has 0 aromatic heterocycles. The van der Waals surface area contributed by atoms with Crippen molar-refractivity contribution in [3.8, 4) is 11.8 Å². The topological polar surface area (TPSA) is 45.0 Å². The van der Waals surface area contributed by atoms with Gasteiger partial charge in [0.2, 0.25) is 0 Å². The molecule has 116 valence electrons. The van der Waals surface area contributed by atoms with Crippen molar-refractivity contribution in [2.24, 2.45) is 0 Å². The van der Waals surface area contributed by atoms with E-state index in [9.17, 15) is 9.65 Å².